The van der Waals surface area contributed by atoms with Gasteiger partial charge in [0.1, 0.15) is 17.5 Å². The molecule has 33 heavy (non-hydrogen) atoms. The molecule has 1 aliphatic rings. The number of piperidine rings is 1. The zero-order chi connectivity index (χ0) is 24.4. The maximum Gasteiger partial charge on any atom is 0.410 e. The molecule has 0 spiro atoms. The smallest absolute Gasteiger partial charge is 0.410 e. The number of carbonyl (C=O) groups excluding carboxylic acids is 1. The molecule has 1 unspecified atom stereocenters. The summed E-state index contributed by atoms with van der Waals surface area (Å²) in [6.07, 6.45) is -0.590. The van der Waals surface area contributed by atoms with Gasteiger partial charge < -0.3 is 9.64 Å². The first kappa shape index (κ1) is 25.6. The highest BCUT2D eigenvalue weighted by atomic mass is 79.9. The summed E-state index contributed by atoms with van der Waals surface area (Å²) >= 11 is 3.36. The minimum Gasteiger partial charge on any atom is -0.444 e. The summed E-state index contributed by atoms with van der Waals surface area (Å²) in [4.78, 5) is 14.0. The summed E-state index contributed by atoms with van der Waals surface area (Å²) in [6, 6.07) is 10.8. The highest BCUT2D eigenvalue weighted by molar-refractivity contribution is 9.10. The van der Waals surface area contributed by atoms with Gasteiger partial charge >= 0.3 is 6.09 Å². The molecule has 1 saturated heterocycles. The molecule has 0 radical (unpaired) electrons. The zero-order valence-electron chi connectivity index (χ0n) is 19.2. The van der Waals surface area contributed by atoms with Crippen LogP contribution in [0.4, 0.5) is 9.18 Å². The van der Waals surface area contributed by atoms with E-state index in [1.165, 1.54) is 18.2 Å². The molecule has 3 rings (SSSR count). The van der Waals surface area contributed by atoms with Gasteiger partial charge in [-0.3, -0.25) is 4.18 Å². The van der Waals surface area contributed by atoms with Gasteiger partial charge in [0.15, 0.2) is 0 Å². The van der Waals surface area contributed by atoms with Crippen molar-refractivity contribution in [2.75, 3.05) is 13.1 Å². The molecule has 6 nitrogen and oxygen atoms in total. The molecule has 0 aliphatic carbocycles. The van der Waals surface area contributed by atoms with Gasteiger partial charge in [-0.05, 0) is 70.7 Å². The third-order valence-electron chi connectivity index (χ3n) is 5.44. The summed E-state index contributed by atoms with van der Waals surface area (Å²) in [5, 5.41) is 0. The fraction of sp³-hybridized carbons (Fsp3) is 0.458. The molecule has 0 saturated carbocycles. The second-order valence-corrected chi connectivity index (χ2v) is 11.7. The number of ether oxygens (including phenoxy) is 1. The molecule has 0 N–H and O–H groups in total. The summed E-state index contributed by atoms with van der Waals surface area (Å²) < 4.78 is 52.6. The van der Waals surface area contributed by atoms with Crippen LogP contribution < -0.4 is 0 Å². The number of halogens is 2. The maximum absolute atomic E-state index is 14.9. The molecule has 1 atom stereocenters. The number of amides is 1. The van der Waals surface area contributed by atoms with E-state index in [2.05, 4.69) is 15.9 Å². The van der Waals surface area contributed by atoms with E-state index in [0.717, 1.165) is 5.56 Å². The number of nitrogens with zero attached hydrogens (tertiary/aromatic N) is 1. The van der Waals surface area contributed by atoms with E-state index >= 15 is 0 Å². The lowest BCUT2D eigenvalue weighted by Crippen LogP contribution is -2.43. The van der Waals surface area contributed by atoms with E-state index in [1.54, 1.807) is 49.9 Å². The maximum atomic E-state index is 14.9. The first-order valence-electron chi connectivity index (χ1n) is 10.8. The summed E-state index contributed by atoms with van der Waals surface area (Å²) in [7, 11) is -4.15. The van der Waals surface area contributed by atoms with Crippen molar-refractivity contribution in [3.8, 4) is 0 Å². The fourth-order valence-corrected chi connectivity index (χ4v) is 5.43. The Balaban J connectivity index is 1.87. The largest absolute Gasteiger partial charge is 0.444 e. The average molecular weight is 542 g/mol. The van der Waals surface area contributed by atoms with Gasteiger partial charge in [0.25, 0.3) is 10.1 Å². The normalized spacial score (nSPS) is 16.5. The first-order chi connectivity index (χ1) is 15.4. The van der Waals surface area contributed by atoms with Crippen molar-refractivity contribution >= 4 is 32.1 Å². The van der Waals surface area contributed by atoms with Gasteiger partial charge in [0, 0.05) is 23.1 Å². The first-order valence-corrected chi connectivity index (χ1v) is 13.0. The molecule has 1 fully saturated rings. The van der Waals surface area contributed by atoms with Crippen molar-refractivity contribution < 1.29 is 26.5 Å². The van der Waals surface area contributed by atoms with Crippen molar-refractivity contribution in [1.82, 2.24) is 4.90 Å². The molecule has 9 heteroatoms. The fourth-order valence-electron chi connectivity index (χ4n) is 3.75. The molecule has 1 heterocycles. The van der Waals surface area contributed by atoms with E-state index in [-0.39, 0.29) is 16.4 Å². The van der Waals surface area contributed by atoms with E-state index in [4.69, 9.17) is 8.92 Å². The van der Waals surface area contributed by atoms with Gasteiger partial charge in [0.2, 0.25) is 0 Å². The van der Waals surface area contributed by atoms with Crippen LogP contribution in [-0.2, 0) is 19.0 Å². The SMILES string of the molecule is Cc1ccc(S(=O)(=O)OC(c2c(F)cccc2Br)C2CCN(C(=O)OC(C)(C)C)CC2)cc1. The summed E-state index contributed by atoms with van der Waals surface area (Å²) in [6.45, 7) is 7.97. The highest BCUT2D eigenvalue weighted by Gasteiger charge is 2.37. The van der Waals surface area contributed by atoms with E-state index in [1.807, 2.05) is 6.92 Å². The van der Waals surface area contributed by atoms with Gasteiger partial charge in [-0.1, -0.05) is 39.7 Å². The van der Waals surface area contributed by atoms with Crippen molar-refractivity contribution in [2.45, 2.75) is 57.1 Å². The Morgan fingerprint density at radius 1 is 1.12 bits per heavy atom. The van der Waals surface area contributed by atoms with E-state index in [9.17, 15) is 17.6 Å². The van der Waals surface area contributed by atoms with Crippen LogP contribution in [0, 0.1) is 18.7 Å². The predicted octanol–water partition coefficient (Wildman–Crippen LogP) is 5.99. The molecule has 2 aromatic rings. The molecule has 0 aromatic heterocycles. The monoisotopic (exact) mass is 541 g/mol. The second kappa shape index (κ2) is 10.1. The summed E-state index contributed by atoms with van der Waals surface area (Å²) in [5.74, 6) is -0.875. The number of carbonyl (C=O) groups is 1. The molecule has 2 aromatic carbocycles. The van der Waals surface area contributed by atoms with Crippen LogP contribution in [0.15, 0.2) is 51.8 Å². The minimum absolute atomic E-state index is 0.0109. The topological polar surface area (TPSA) is 72.9 Å². The van der Waals surface area contributed by atoms with E-state index in [0.29, 0.717) is 30.4 Å². The molecular weight excluding hydrogens is 513 g/mol. The van der Waals surface area contributed by atoms with Crippen LogP contribution in [0.3, 0.4) is 0 Å². The van der Waals surface area contributed by atoms with Crippen LogP contribution in [0.2, 0.25) is 0 Å². The third kappa shape index (κ3) is 6.55. The number of likely N-dealkylation sites (tertiary alicyclic amines) is 1. The number of aryl methyl sites for hydroxylation is 1. The number of hydrogen-bond acceptors (Lipinski definition) is 5. The van der Waals surface area contributed by atoms with E-state index < -0.39 is 33.7 Å². The lowest BCUT2D eigenvalue weighted by molar-refractivity contribution is 0.0106. The Morgan fingerprint density at radius 2 is 1.73 bits per heavy atom. The lowest BCUT2D eigenvalue weighted by atomic mass is 9.87. The van der Waals surface area contributed by atoms with Crippen molar-refractivity contribution in [2.24, 2.45) is 5.92 Å². The Hall–Kier alpha value is -1.97. The number of hydrogen-bond donors (Lipinski definition) is 0. The van der Waals surface area contributed by atoms with Crippen molar-refractivity contribution in [1.29, 1.82) is 0 Å². The standard InChI is InChI=1S/C24H29BrFNO5S/c1-16-8-10-18(11-9-16)33(29,30)32-22(21-19(25)6-5-7-20(21)26)17-12-14-27(15-13-17)23(28)31-24(2,3)4/h5-11,17,22H,12-15H2,1-4H3. The minimum atomic E-state index is -4.15. The molecule has 0 bridgehead atoms. The van der Waals surface area contributed by atoms with Crippen LogP contribution >= 0.6 is 15.9 Å². The zero-order valence-corrected chi connectivity index (χ0v) is 21.6. The predicted molar refractivity (Wildman–Crippen MR) is 127 cm³/mol. The van der Waals surface area contributed by atoms with Gasteiger partial charge in [0.05, 0.1) is 4.90 Å². The van der Waals surface area contributed by atoms with Crippen LogP contribution in [-0.4, -0.2) is 38.1 Å². The Kier molecular flexibility index (Phi) is 7.86. The Morgan fingerprint density at radius 3 is 2.27 bits per heavy atom. The molecule has 180 valence electrons. The van der Waals surface area contributed by atoms with Crippen LogP contribution in [0.5, 0.6) is 0 Å². The average Bonchev–Trinajstić information content (AvgIpc) is 2.72. The van der Waals surface area contributed by atoms with Gasteiger partial charge in [-0.25, -0.2) is 9.18 Å². The molecule has 1 aliphatic heterocycles. The molecule has 1 amide bonds. The Labute approximate surface area is 203 Å². The second-order valence-electron chi connectivity index (χ2n) is 9.22. The third-order valence-corrected chi connectivity index (χ3v) is 7.45. The number of rotatable bonds is 5. The summed E-state index contributed by atoms with van der Waals surface area (Å²) in [5.41, 5.74) is 0.459. The van der Waals surface area contributed by atoms with Crippen molar-refractivity contribution in [3.63, 3.8) is 0 Å². The van der Waals surface area contributed by atoms with Gasteiger partial charge in [-0.2, -0.15) is 8.42 Å². The number of benzene rings is 2. The van der Waals surface area contributed by atoms with Gasteiger partial charge in [-0.15, -0.1) is 0 Å². The van der Waals surface area contributed by atoms with Crippen molar-refractivity contribution in [3.05, 3.63) is 63.9 Å². The highest BCUT2D eigenvalue weighted by Crippen LogP contribution is 2.40. The quantitative estimate of drug-likeness (QED) is 0.434. The van der Waals surface area contributed by atoms with Crippen LogP contribution in [0.25, 0.3) is 0 Å². The Bertz CT molecular complexity index is 1070. The lowest BCUT2D eigenvalue weighted by Gasteiger charge is -2.36. The van der Waals surface area contributed by atoms with Crippen LogP contribution in [0.1, 0.15) is 50.8 Å². The molecular formula is C24H29BrFNO5S.